The van der Waals surface area contributed by atoms with E-state index in [0.717, 1.165) is 18.4 Å². The highest BCUT2D eigenvalue weighted by Gasteiger charge is 2.08. The Hall–Kier alpha value is -0.850. The number of rotatable bonds is 3. The van der Waals surface area contributed by atoms with Crippen LogP contribution in [-0.2, 0) is 4.79 Å². The van der Waals surface area contributed by atoms with Crippen molar-refractivity contribution in [1.29, 1.82) is 0 Å². The van der Waals surface area contributed by atoms with Gasteiger partial charge in [-0.15, -0.1) is 6.58 Å². The predicted octanol–water partition coefficient (Wildman–Crippen LogP) is 3.41. The number of hydrogen-bond acceptors (Lipinski definition) is 1. The molecule has 0 aromatic rings. The molecule has 0 aromatic carbocycles. The molecule has 0 aromatic heterocycles. The van der Waals surface area contributed by atoms with Crippen molar-refractivity contribution in [2.45, 2.75) is 44.9 Å². The number of carbonyl (C=O) groups is 1. The van der Waals surface area contributed by atoms with Crippen LogP contribution in [0.3, 0.4) is 0 Å². The molecule has 0 N–H and O–H groups in total. The molecule has 1 nitrogen and oxygen atoms in total. The molecule has 0 spiro atoms. The average molecular weight is 178 g/mol. The molecule has 1 heteroatoms. The molecular weight excluding hydrogens is 160 g/mol. The summed E-state index contributed by atoms with van der Waals surface area (Å²) in [6, 6.07) is 0. The molecule has 1 aliphatic rings. The first kappa shape index (κ1) is 10.2. The largest absolute Gasteiger partial charge is 0.294 e. The highest BCUT2D eigenvalue weighted by atomic mass is 16.1. The van der Waals surface area contributed by atoms with E-state index in [1.54, 1.807) is 6.08 Å². The van der Waals surface area contributed by atoms with Crippen LogP contribution in [0.5, 0.6) is 0 Å². The van der Waals surface area contributed by atoms with E-state index in [4.69, 9.17) is 0 Å². The second kappa shape index (κ2) is 5.74. The third-order valence-corrected chi connectivity index (χ3v) is 2.48. The fraction of sp³-hybridized carbons (Fsp3) is 0.583. The minimum Gasteiger partial charge on any atom is -0.294 e. The minimum atomic E-state index is 0.275. The van der Waals surface area contributed by atoms with Crippen LogP contribution < -0.4 is 0 Å². The van der Waals surface area contributed by atoms with Crippen molar-refractivity contribution in [3.05, 3.63) is 24.3 Å². The Labute approximate surface area is 80.5 Å². The van der Waals surface area contributed by atoms with Crippen LogP contribution >= 0.6 is 0 Å². The number of ketones is 1. The zero-order chi connectivity index (χ0) is 9.52. The molecule has 72 valence electrons. The zero-order valence-electron chi connectivity index (χ0n) is 8.22. The first-order chi connectivity index (χ1) is 6.34. The van der Waals surface area contributed by atoms with Gasteiger partial charge >= 0.3 is 0 Å². The fourth-order valence-electron chi connectivity index (χ4n) is 1.71. The highest BCUT2D eigenvalue weighted by Crippen LogP contribution is 2.18. The van der Waals surface area contributed by atoms with Gasteiger partial charge in [0.2, 0.25) is 0 Å². The first-order valence-electron chi connectivity index (χ1n) is 5.17. The molecule has 0 aliphatic heterocycles. The summed E-state index contributed by atoms with van der Waals surface area (Å²) in [5.74, 6) is 0.275. The van der Waals surface area contributed by atoms with E-state index in [2.05, 4.69) is 12.7 Å². The van der Waals surface area contributed by atoms with E-state index >= 15 is 0 Å². The minimum absolute atomic E-state index is 0.275. The van der Waals surface area contributed by atoms with Gasteiger partial charge in [0.25, 0.3) is 0 Å². The van der Waals surface area contributed by atoms with Crippen molar-refractivity contribution in [2.24, 2.45) is 0 Å². The van der Waals surface area contributed by atoms with Crippen molar-refractivity contribution in [3.8, 4) is 0 Å². The molecule has 0 amide bonds. The Morgan fingerprint density at radius 3 is 2.92 bits per heavy atom. The van der Waals surface area contributed by atoms with Crippen LogP contribution in [-0.4, -0.2) is 5.78 Å². The molecular formula is C12H18O. The second-order valence-electron chi connectivity index (χ2n) is 3.60. The summed E-state index contributed by atoms with van der Waals surface area (Å²) in [4.78, 5) is 11.5. The lowest BCUT2D eigenvalue weighted by Gasteiger charge is -2.09. The zero-order valence-corrected chi connectivity index (χ0v) is 8.22. The van der Waals surface area contributed by atoms with Crippen LogP contribution in [0.2, 0.25) is 0 Å². The number of Topliss-reactive ketones (excluding diaryl/α,β-unsaturated/α-hetero) is 1. The summed E-state index contributed by atoms with van der Waals surface area (Å²) in [6.45, 7) is 3.59. The molecule has 0 atom stereocenters. The van der Waals surface area contributed by atoms with Gasteiger partial charge in [0.05, 0.1) is 0 Å². The Kier molecular flexibility index (Phi) is 4.52. The van der Waals surface area contributed by atoms with E-state index in [9.17, 15) is 4.79 Å². The van der Waals surface area contributed by atoms with Crippen LogP contribution in [0.25, 0.3) is 0 Å². The van der Waals surface area contributed by atoms with Crippen LogP contribution in [0.1, 0.15) is 44.9 Å². The Morgan fingerprint density at radius 1 is 1.38 bits per heavy atom. The van der Waals surface area contributed by atoms with Crippen LogP contribution in [0.4, 0.5) is 0 Å². The molecule has 13 heavy (non-hydrogen) atoms. The topological polar surface area (TPSA) is 17.1 Å². The Balaban J connectivity index is 2.53. The fourth-order valence-corrected chi connectivity index (χ4v) is 1.71. The summed E-state index contributed by atoms with van der Waals surface area (Å²) in [5, 5.41) is 0. The molecule has 0 saturated heterocycles. The standard InChI is InChI=1S/C12H18O/c1-2-8-12(13)11-9-6-4-3-5-7-10-11/h2,9H,1,3-8,10H2/b11-9+. The lowest BCUT2D eigenvalue weighted by atomic mass is 9.96. The van der Waals surface area contributed by atoms with Crippen molar-refractivity contribution >= 4 is 5.78 Å². The summed E-state index contributed by atoms with van der Waals surface area (Å²) in [7, 11) is 0. The normalized spacial score (nSPS) is 22.3. The van der Waals surface area contributed by atoms with Crippen LogP contribution in [0, 0.1) is 0 Å². The van der Waals surface area contributed by atoms with Crippen molar-refractivity contribution < 1.29 is 4.79 Å². The lowest BCUT2D eigenvalue weighted by molar-refractivity contribution is -0.115. The third-order valence-electron chi connectivity index (χ3n) is 2.48. The lowest BCUT2D eigenvalue weighted by Crippen LogP contribution is -2.02. The van der Waals surface area contributed by atoms with E-state index in [1.165, 1.54) is 25.7 Å². The first-order valence-corrected chi connectivity index (χ1v) is 5.17. The summed E-state index contributed by atoms with van der Waals surface area (Å²) >= 11 is 0. The van der Waals surface area contributed by atoms with Crippen molar-refractivity contribution in [3.63, 3.8) is 0 Å². The Bertz CT molecular complexity index is 213. The molecule has 0 fully saturated rings. The molecule has 0 bridgehead atoms. The van der Waals surface area contributed by atoms with Crippen LogP contribution in [0.15, 0.2) is 24.3 Å². The van der Waals surface area contributed by atoms with E-state index in [0.29, 0.717) is 6.42 Å². The highest BCUT2D eigenvalue weighted by molar-refractivity contribution is 5.96. The maximum atomic E-state index is 11.5. The quantitative estimate of drug-likeness (QED) is 0.605. The number of hydrogen-bond donors (Lipinski definition) is 0. The average Bonchev–Trinajstić information content (AvgIpc) is 2.03. The molecule has 0 saturated carbocycles. The van der Waals surface area contributed by atoms with Gasteiger partial charge < -0.3 is 0 Å². The molecule has 1 aliphatic carbocycles. The molecule has 0 radical (unpaired) electrons. The smallest absolute Gasteiger partial charge is 0.162 e. The van der Waals surface area contributed by atoms with Gasteiger partial charge in [-0.3, -0.25) is 4.79 Å². The summed E-state index contributed by atoms with van der Waals surface area (Å²) < 4.78 is 0. The molecule has 0 heterocycles. The van der Waals surface area contributed by atoms with Gasteiger partial charge in [0.1, 0.15) is 0 Å². The van der Waals surface area contributed by atoms with Crippen molar-refractivity contribution in [1.82, 2.24) is 0 Å². The SMILES string of the molecule is C=CCC(=O)/C1=C/CCCCCC1. The van der Waals surface area contributed by atoms with Gasteiger partial charge in [-0.25, -0.2) is 0 Å². The molecule has 1 rings (SSSR count). The number of allylic oxidation sites excluding steroid dienone is 3. The maximum Gasteiger partial charge on any atom is 0.162 e. The van der Waals surface area contributed by atoms with E-state index < -0.39 is 0 Å². The second-order valence-corrected chi connectivity index (χ2v) is 3.60. The van der Waals surface area contributed by atoms with Gasteiger partial charge in [0.15, 0.2) is 5.78 Å². The van der Waals surface area contributed by atoms with Gasteiger partial charge in [-0.2, -0.15) is 0 Å². The third kappa shape index (κ3) is 3.58. The number of carbonyl (C=O) groups excluding carboxylic acids is 1. The van der Waals surface area contributed by atoms with Gasteiger partial charge in [-0.1, -0.05) is 25.0 Å². The van der Waals surface area contributed by atoms with Gasteiger partial charge in [-0.05, 0) is 31.3 Å². The van der Waals surface area contributed by atoms with E-state index in [-0.39, 0.29) is 5.78 Å². The van der Waals surface area contributed by atoms with E-state index in [1.807, 2.05) is 0 Å². The monoisotopic (exact) mass is 178 g/mol. The van der Waals surface area contributed by atoms with Gasteiger partial charge in [0, 0.05) is 6.42 Å². The van der Waals surface area contributed by atoms with Crippen molar-refractivity contribution in [2.75, 3.05) is 0 Å². The summed E-state index contributed by atoms with van der Waals surface area (Å²) in [6.07, 6.45) is 11.4. The summed E-state index contributed by atoms with van der Waals surface area (Å²) in [5.41, 5.74) is 1.04. The maximum absolute atomic E-state index is 11.5. The molecule has 0 unspecified atom stereocenters. The Morgan fingerprint density at radius 2 is 2.15 bits per heavy atom. The predicted molar refractivity (Wildman–Crippen MR) is 55.6 cm³/mol.